The molecule has 12 heteroatoms. The molecule has 0 saturated carbocycles. The van der Waals surface area contributed by atoms with Crippen LogP contribution in [0.4, 0.5) is 19.0 Å². The second kappa shape index (κ2) is 10.9. The molecule has 0 aliphatic carbocycles. The maximum atomic E-state index is 14.6. The van der Waals surface area contributed by atoms with Crippen molar-refractivity contribution in [3.8, 4) is 0 Å². The minimum absolute atomic E-state index is 0.0438. The molecule has 1 aromatic carbocycles. The molecule has 9 nitrogen and oxygen atoms in total. The quantitative estimate of drug-likeness (QED) is 0.297. The van der Waals surface area contributed by atoms with Crippen molar-refractivity contribution < 1.29 is 17.9 Å². The van der Waals surface area contributed by atoms with E-state index in [0.717, 1.165) is 42.3 Å². The molecule has 220 valence electrons. The Labute approximate surface area is 237 Å². The van der Waals surface area contributed by atoms with Crippen molar-refractivity contribution in [3.05, 3.63) is 47.3 Å². The number of imidazole rings is 1. The van der Waals surface area contributed by atoms with E-state index >= 15 is 0 Å². The zero-order chi connectivity index (χ0) is 29.0. The van der Waals surface area contributed by atoms with Crippen LogP contribution in [-0.2, 0) is 11.3 Å². The van der Waals surface area contributed by atoms with Crippen LogP contribution in [0.25, 0.3) is 16.9 Å². The Kier molecular flexibility index (Phi) is 7.39. The van der Waals surface area contributed by atoms with E-state index in [1.807, 2.05) is 11.3 Å². The number of alkyl halides is 2. The lowest BCUT2D eigenvalue weighted by molar-refractivity contribution is 0.0818. The molecular weight excluding hydrogens is 533 g/mol. The third-order valence-electron chi connectivity index (χ3n) is 8.61. The highest BCUT2D eigenvalue weighted by atomic mass is 19.3. The van der Waals surface area contributed by atoms with Gasteiger partial charge in [0.25, 0.3) is 12.2 Å². The lowest BCUT2D eigenvalue weighted by atomic mass is 9.90. The normalized spacial score (nSPS) is 23.1. The van der Waals surface area contributed by atoms with Crippen LogP contribution in [0.5, 0.6) is 0 Å². The first-order valence-corrected chi connectivity index (χ1v) is 14.4. The molecule has 2 aliphatic heterocycles. The van der Waals surface area contributed by atoms with E-state index in [-0.39, 0.29) is 30.1 Å². The molecule has 4 atom stereocenters. The van der Waals surface area contributed by atoms with Gasteiger partial charge in [-0.3, -0.25) is 4.90 Å². The van der Waals surface area contributed by atoms with Crippen molar-refractivity contribution in [2.75, 3.05) is 24.6 Å². The van der Waals surface area contributed by atoms with Crippen molar-refractivity contribution in [1.29, 1.82) is 0 Å². The van der Waals surface area contributed by atoms with Gasteiger partial charge in [-0.25, -0.2) is 22.6 Å². The Morgan fingerprint density at radius 1 is 1.10 bits per heavy atom. The Bertz CT molecular complexity index is 1550. The van der Waals surface area contributed by atoms with Crippen LogP contribution in [-0.4, -0.2) is 71.9 Å². The Morgan fingerprint density at radius 3 is 2.59 bits per heavy atom. The molecule has 4 aromatic rings. The molecule has 1 unspecified atom stereocenters. The summed E-state index contributed by atoms with van der Waals surface area (Å²) in [6, 6.07) is 4.13. The van der Waals surface area contributed by atoms with Gasteiger partial charge in [0.2, 0.25) is 0 Å². The first kappa shape index (κ1) is 27.9. The number of piperazine rings is 1. The summed E-state index contributed by atoms with van der Waals surface area (Å²) in [4.78, 5) is 14.6. The molecule has 5 heterocycles. The molecule has 0 spiro atoms. The third-order valence-corrected chi connectivity index (χ3v) is 8.61. The highest BCUT2D eigenvalue weighted by Gasteiger charge is 2.38. The number of benzene rings is 1. The fourth-order valence-corrected chi connectivity index (χ4v) is 6.66. The standard InChI is InChI=1S/C29H37F3N8O/c1-16(2)25(20-8-9-22(26(31)32)23(30)11-20)37-12-18(4)38(13-17(37)3)27-24-28(40-15-33-36-29(40)35-27)39(19(5)34-24)14-21-7-6-10-41-21/h8-9,11,15-18,21,25-26H,6-7,10,12-14H2,1-5H3/t17-,18+,21+,25?/m1/s1. The van der Waals surface area contributed by atoms with Crippen molar-refractivity contribution in [2.45, 2.75) is 84.7 Å². The van der Waals surface area contributed by atoms with Crippen molar-refractivity contribution in [1.82, 2.24) is 34.0 Å². The summed E-state index contributed by atoms with van der Waals surface area (Å²) in [5, 5.41) is 8.43. The first-order valence-electron chi connectivity index (χ1n) is 14.4. The van der Waals surface area contributed by atoms with Gasteiger partial charge in [0.05, 0.1) is 18.2 Å². The SMILES string of the molecule is Cc1nc2c(N3C[C@@H](C)N(C(c4ccc(C(F)F)c(F)c4)C(C)C)C[C@@H]3C)nc3nncn3c2n1C[C@@H]1CCCO1. The molecule has 0 radical (unpaired) electrons. The number of halogens is 3. The number of fused-ring (bicyclic) bond motifs is 3. The molecule has 6 rings (SSSR count). The molecule has 0 amide bonds. The molecule has 2 aliphatic rings. The van der Waals surface area contributed by atoms with Crippen molar-refractivity contribution >= 4 is 22.8 Å². The summed E-state index contributed by atoms with van der Waals surface area (Å²) in [7, 11) is 0. The number of hydrogen-bond acceptors (Lipinski definition) is 7. The third kappa shape index (κ3) is 4.94. The van der Waals surface area contributed by atoms with E-state index in [4.69, 9.17) is 14.7 Å². The average Bonchev–Trinajstić information content (AvgIpc) is 3.66. The fourth-order valence-electron chi connectivity index (χ4n) is 6.66. The molecule has 2 fully saturated rings. The van der Waals surface area contributed by atoms with Crippen LogP contribution in [0, 0.1) is 18.7 Å². The number of hydrogen-bond donors (Lipinski definition) is 0. The number of rotatable bonds is 7. The lowest BCUT2D eigenvalue weighted by Crippen LogP contribution is -2.58. The van der Waals surface area contributed by atoms with Gasteiger partial charge < -0.3 is 14.2 Å². The number of ether oxygens (including phenoxy) is 1. The van der Waals surface area contributed by atoms with Crippen LogP contribution in [0.2, 0.25) is 0 Å². The monoisotopic (exact) mass is 570 g/mol. The van der Waals surface area contributed by atoms with Gasteiger partial charge in [-0.2, -0.15) is 4.98 Å². The highest BCUT2D eigenvalue weighted by molar-refractivity contribution is 5.87. The largest absolute Gasteiger partial charge is 0.376 e. The Morgan fingerprint density at radius 2 is 1.90 bits per heavy atom. The molecule has 0 bridgehead atoms. The predicted molar refractivity (Wildman–Crippen MR) is 150 cm³/mol. The highest BCUT2D eigenvalue weighted by Crippen LogP contribution is 2.37. The number of anilines is 1. The second-order valence-corrected chi connectivity index (χ2v) is 11.8. The summed E-state index contributed by atoms with van der Waals surface area (Å²) < 4.78 is 51.1. The summed E-state index contributed by atoms with van der Waals surface area (Å²) in [6.07, 6.45) is 1.06. The van der Waals surface area contributed by atoms with E-state index in [9.17, 15) is 13.2 Å². The van der Waals surface area contributed by atoms with E-state index in [0.29, 0.717) is 31.0 Å². The molecule has 2 saturated heterocycles. The number of aromatic nitrogens is 6. The van der Waals surface area contributed by atoms with Gasteiger partial charge in [-0.1, -0.05) is 26.0 Å². The summed E-state index contributed by atoms with van der Waals surface area (Å²) >= 11 is 0. The average molecular weight is 571 g/mol. The smallest absolute Gasteiger partial charge is 0.266 e. The van der Waals surface area contributed by atoms with Gasteiger partial charge in [0.1, 0.15) is 23.5 Å². The van der Waals surface area contributed by atoms with Crippen LogP contribution in [0.15, 0.2) is 24.5 Å². The summed E-state index contributed by atoms with van der Waals surface area (Å²) in [5.74, 6) is 1.44. The van der Waals surface area contributed by atoms with E-state index < -0.39 is 17.8 Å². The summed E-state index contributed by atoms with van der Waals surface area (Å²) in [5.41, 5.74) is 1.85. The Balaban J connectivity index is 1.35. The lowest BCUT2D eigenvalue weighted by Gasteiger charge is -2.49. The number of nitrogens with zero attached hydrogens (tertiary/aromatic N) is 8. The van der Waals surface area contributed by atoms with Crippen LogP contribution >= 0.6 is 0 Å². The maximum Gasteiger partial charge on any atom is 0.266 e. The van der Waals surface area contributed by atoms with E-state index in [1.54, 1.807) is 12.4 Å². The van der Waals surface area contributed by atoms with Gasteiger partial charge in [-0.15, -0.1) is 10.2 Å². The minimum Gasteiger partial charge on any atom is -0.376 e. The Hall–Kier alpha value is -3.25. The number of aryl methyl sites for hydroxylation is 1. The van der Waals surface area contributed by atoms with Gasteiger partial charge >= 0.3 is 0 Å². The van der Waals surface area contributed by atoms with Crippen molar-refractivity contribution in [3.63, 3.8) is 0 Å². The van der Waals surface area contributed by atoms with Crippen LogP contribution < -0.4 is 4.90 Å². The van der Waals surface area contributed by atoms with Crippen LogP contribution in [0.1, 0.15) is 70.0 Å². The molecule has 41 heavy (non-hydrogen) atoms. The molecule has 0 N–H and O–H groups in total. The molecule has 3 aromatic heterocycles. The topological polar surface area (TPSA) is 76.6 Å². The predicted octanol–water partition coefficient (Wildman–Crippen LogP) is 5.33. The fraction of sp³-hybridized carbons (Fsp3) is 0.586. The zero-order valence-corrected chi connectivity index (χ0v) is 24.1. The van der Waals surface area contributed by atoms with Gasteiger partial charge in [0.15, 0.2) is 11.5 Å². The van der Waals surface area contributed by atoms with E-state index in [1.165, 1.54) is 12.1 Å². The molecular formula is C29H37F3N8O. The van der Waals surface area contributed by atoms with E-state index in [2.05, 4.69) is 52.3 Å². The first-order chi connectivity index (χ1) is 19.6. The maximum absolute atomic E-state index is 14.6. The summed E-state index contributed by atoms with van der Waals surface area (Å²) in [6.45, 7) is 13.3. The van der Waals surface area contributed by atoms with Gasteiger partial charge in [-0.05, 0) is 51.2 Å². The zero-order valence-electron chi connectivity index (χ0n) is 24.1. The van der Waals surface area contributed by atoms with Crippen molar-refractivity contribution in [2.24, 2.45) is 5.92 Å². The minimum atomic E-state index is -2.84. The van der Waals surface area contributed by atoms with Crippen LogP contribution in [0.3, 0.4) is 0 Å². The second-order valence-electron chi connectivity index (χ2n) is 11.8. The van der Waals surface area contributed by atoms with Gasteiger partial charge in [0, 0.05) is 37.8 Å².